The third kappa shape index (κ3) is 3.17. The first-order valence-corrected chi connectivity index (χ1v) is 6.83. The Balaban J connectivity index is 2.22. The number of carboxylic acids is 1. The molecule has 5 heteroatoms. The van der Waals surface area contributed by atoms with Gasteiger partial charge in [-0.3, -0.25) is 9.59 Å². The average molecular weight is 277 g/mol. The molecule has 2 atom stereocenters. The van der Waals surface area contributed by atoms with Crippen molar-refractivity contribution in [3.05, 3.63) is 30.3 Å². The highest BCUT2D eigenvalue weighted by atomic mass is 16.5. The summed E-state index contributed by atoms with van der Waals surface area (Å²) in [6, 6.07) is 8.91. The molecule has 108 valence electrons. The number of anilines is 1. The molecule has 0 aromatic heterocycles. The molecule has 1 aromatic carbocycles. The van der Waals surface area contributed by atoms with Crippen LogP contribution in [0.3, 0.4) is 0 Å². The lowest BCUT2D eigenvalue weighted by molar-refractivity contribution is -0.137. The highest BCUT2D eigenvalue weighted by Crippen LogP contribution is 2.27. The van der Waals surface area contributed by atoms with Crippen LogP contribution in [0.2, 0.25) is 0 Å². The van der Waals surface area contributed by atoms with E-state index in [0.29, 0.717) is 18.7 Å². The van der Waals surface area contributed by atoms with E-state index in [4.69, 9.17) is 9.84 Å². The molecule has 1 heterocycles. The molecule has 1 fully saturated rings. The van der Waals surface area contributed by atoms with Crippen molar-refractivity contribution in [3.8, 4) is 0 Å². The number of nitrogens with zero attached hydrogens (tertiary/aromatic N) is 1. The van der Waals surface area contributed by atoms with Gasteiger partial charge in [0.05, 0.1) is 12.0 Å². The molecule has 1 amide bonds. The topological polar surface area (TPSA) is 66.8 Å². The Bertz CT molecular complexity index is 474. The van der Waals surface area contributed by atoms with Crippen molar-refractivity contribution in [1.29, 1.82) is 0 Å². The molecular formula is C15H19NO4. The summed E-state index contributed by atoms with van der Waals surface area (Å²) in [6.07, 6.45) is 1.30. The Morgan fingerprint density at radius 3 is 2.65 bits per heavy atom. The molecule has 0 radical (unpaired) electrons. The smallest absolute Gasteiger partial charge is 0.323 e. The van der Waals surface area contributed by atoms with E-state index in [-0.39, 0.29) is 24.5 Å². The summed E-state index contributed by atoms with van der Waals surface area (Å²) in [5, 5.41) is 9.03. The predicted octanol–water partition coefficient (Wildman–Crippen LogP) is 1.92. The van der Waals surface area contributed by atoms with Crippen LogP contribution in [0.1, 0.15) is 19.8 Å². The van der Waals surface area contributed by atoms with Crippen molar-refractivity contribution in [3.63, 3.8) is 0 Å². The van der Waals surface area contributed by atoms with Crippen LogP contribution in [0, 0.1) is 5.92 Å². The number of para-hydroxylation sites is 1. The molecule has 0 bridgehead atoms. The van der Waals surface area contributed by atoms with E-state index in [9.17, 15) is 9.59 Å². The fraction of sp³-hybridized carbons (Fsp3) is 0.467. The molecule has 2 rings (SSSR count). The molecule has 1 N–H and O–H groups in total. The quantitative estimate of drug-likeness (QED) is 0.893. The van der Waals surface area contributed by atoms with Crippen molar-refractivity contribution in [2.75, 3.05) is 18.1 Å². The molecular weight excluding hydrogens is 258 g/mol. The van der Waals surface area contributed by atoms with Gasteiger partial charge in [-0.05, 0) is 25.0 Å². The van der Waals surface area contributed by atoms with Gasteiger partial charge in [-0.25, -0.2) is 0 Å². The number of aliphatic carboxylic acids is 1. The van der Waals surface area contributed by atoms with Crippen LogP contribution in [0.25, 0.3) is 0 Å². The Kier molecular flexibility index (Phi) is 4.74. The minimum atomic E-state index is -1.02. The van der Waals surface area contributed by atoms with Crippen LogP contribution in [0.5, 0.6) is 0 Å². The zero-order valence-electron chi connectivity index (χ0n) is 11.5. The fourth-order valence-corrected chi connectivity index (χ4v) is 2.57. The Morgan fingerprint density at radius 2 is 2.05 bits per heavy atom. The van der Waals surface area contributed by atoms with Gasteiger partial charge in [0, 0.05) is 12.3 Å². The van der Waals surface area contributed by atoms with E-state index in [2.05, 4.69) is 0 Å². The van der Waals surface area contributed by atoms with Crippen molar-refractivity contribution in [2.45, 2.75) is 25.9 Å². The van der Waals surface area contributed by atoms with Gasteiger partial charge in [0.2, 0.25) is 5.91 Å². The Morgan fingerprint density at radius 1 is 1.35 bits per heavy atom. The van der Waals surface area contributed by atoms with Gasteiger partial charge in [-0.15, -0.1) is 0 Å². The van der Waals surface area contributed by atoms with E-state index >= 15 is 0 Å². The monoisotopic (exact) mass is 277 g/mol. The second-order valence-corrected chi connectivity index (χ2v) is 4.87. The molecule has 1 aliphatic heterocycles. The summed E-state index contributed by atoms with van der Waals surface area (Å²) in [5.41, 5.74) is 0.613. The number of benzene rings is 1. The number of rotatable bonds is 5. The lowest BCUT2D eigenvalue weighted by Gasteiger charge is -2.26. The Labute approximate surface area is 118 Å². The highest BCUT2D eigenvalue weighted by molar-refractivity contribution is 5.99. The van der Waals surface area contributed by atoms with E-state index in [1.807, 2.05) is 13.0 Å². The zero-order valence-corrected chi connectivity index (χ0v) is 11.5. The highest BCUT2D eigenvalue weighted by Gasteiger charge is 2.36. The fourth-order valence-electron chi connectivity index (χ4n) is 2.57. The van der Waals surface area contributed by atoms with Crippen LogP contribution in [0.15, 0.2) is 30.3 Å². The molecule has 1 aliphatic rings. The van der Waals surface area contributed by atoms with Crippen molar-refractivity contribution in [2.24, 2.45) is 5.92 Å². The average Bonchev–Trinajstić information content (AvgIpc) is 2.93. The van der Waals surface area contributed by atoms with Gasteiger partial charge in [-0.1, -0.05) is 25.1 Å². The summed E-state index contributed by atoms with van der Waals surface area (Å²) in [7, 11) is 0. The first-order chi connectivity index (χ1) is 9.63. The molecule has 1 aromatic rings. The molecule has 0 saturated carbocycles. The molecule has 20 heavy (non-hydrogen) atoms. The second kappa shape index (κ2) is 6.52. The summed E-state index contributed by atoms with van der Waals surface area (Å²) in [4.78, 5) is 25.0. The number of hydrogen-bond acceptors (Lipinski definition) is 3. The lowest BCUT2D eigenvalue weighted by Crippen LogP contribution is -2.42. The van der Waals surface area contributed by atoms with Crippen LogP contribution in [-0.4, -0.2) is 36.2 Å². The molecule has 0 spiro atoms. The predicted molar refractivity (Wildman–Crippen MR) is 74.6 cm³/mol. The number of amides is 1. The minimum absolute atomic E-state index is 0.109. The number of carbonyl (C=O) groups excluding carboxylic acids is 1. The van der Waals surface area contributed by atoms with E-state index < -0.39 is 5.97 Å². The third-order valence-corrected chi connectivity index (χ3v) is 3.56. The second-order valence-electron chi connectivity index (χ2n) is 4.87. The number of ether oxygens (including phenoxy) is 1. The summed E-state index contributed by atoms with van der Waals surface area (Å²) >= 11 is 0. The number of hydrogen-bond donors (Lipinski definition) is 1. The van der Waals surface area contributed by atoms with E-state index in [0.717, 1.165) is 6.42 Å². The first kappa shape index (κ1) is 14.5. The standard InChI is InChI=1S/C15H19NO4/c1-2-13-12(8-9-20-13)15(19)16(10-14(17)18)11-6-4-3-5-7-11/h3-7,12-13H,2,8-10H2,1H3,(H,17,18). The normalized spacial score (nSPS) is 21.6. The number of carboxylic acid groups (broad SMARTS) is 1. The first-order valence-electron chi connectivity index (χ1n) is 6.83. The lowest BCUT2D eigenvalue weighted by atomic mass is 9.97. The van der Waals surface area contributed by atoms with Gasteiger partial charge >= 0.3 is 5.97 Å². The SMILES string of the molecule is CCC1OCCC1C(=O)N(CC(=O)O)c1ccccc1. The van der Waals surface area contributed by atoms with Crippen LogP contribution in [0.4, 0.5) is 5.69 Å². The van der Waals surface area contributed by atoms with Gasteiger partial charge in [0.25, 0.3) is 0 Å². The molecule has 0 aliphatic carbocycles. The summed E-state index contributed by atoms with van der Waals surface area (Å²) in [6.45, 7) is 2.21. The molecule has 5 nitrogen and oxygen atoms in total. The van der Waals surface area contributed by atoms with E-state index in [1.165, 1.54) is 4.90 Å². The van der Waals surface area contributed by atoms with Crippen molar-refractivity contribution < 1.29 is 19.4 Å². The van der Waals surface area contributed by atoms with Crippen LogP contribution < -0.4 is 4.90 Å². The van der Waals surface area contributed by atoms with Gasteiger partial charge in [0.15, 0.2) is 0 Å². The Hall–Kier alpha value is -1.88. The maximum absolute atomic E-state index is 12.6. The van der Waals surface area contributed by atoms with Gasteiger partial charge in [-0.2, -0.15) is 0 Å². The largest absolute Gasteiger partial charge is 0.480 e. The molecule has 1 saturated heterocycles. The third-order valence-electron chi connectivity index (χ3n) is 3.56. The van der Waals surface area contributed by atoms with E-state index in [1.54, 1.807) is 24.3 Å². The summed E-state index contributed by atoms with van der Waals surface area (Å²) < 4.78 is 5.53. The van der Waals surface area contributed by atoms with Crippen molar-refractivity contribution >= 4 is 17.6 Å². The van der Waals surface area contributed by atoms with Crippen LogP contribution in [-0.2, 0) is 14.3 Å². The van der Waals surface area contributed by atoms with Crippen LogP contribution >= 0.6 is 0 Å². The minimum Gasteiger partial charge on any atom is -0.480 e. The van der Waals surface area contributed by atoms with Gasteiger partial charge < -0.3 is 14.7 Å². The van der Waals surface area contributed by atoms with Crippen molar-refractivity contribution in [1.82, 2.24) is 0 Å². The maximum Gasteiger partial charge on any atom is 0.323 e. The zero-order chi connectivity index (χ0) is 14.5. The summed E-state index contributed by atoms with van der Waals surface area (Å²) in [5.74, 6) is -1.43. The number of carbonyl (C=O) groups is 2. The maximum atomic E-state index is 12.6. The van der Waals surface area contributed by atoms with Gasteiger partial charge in [0.1, 0.15) is 6.54 Å². The molecule has 2 unspecified atom stereocenters.